The van der Waals surface area contributed by atoms with Gasteiger partial charge >= 0.3 is 0 Å². The summed E-state index contributed by atoms with van der Waals surface area (Å²) in [6, 6.07) is 11.1. The van der Waals surface area contributed by atoms with Gasteiger partial charge in [0.05, 0.1) is 6.61 Å². The fourth-order valence-electron chi connectivity index (χ4n) is 4.78. The highest BCUT2D eigenvalue weighted by molar-refractivity contribution is 5.78. The van der Waals surface area contributed by atoms with Crippen LogP contribution in [0.2, 0.25) is 0 Å². The van der Waals surface area contributed by atoms with Crippen molar-refractivity contribution in [1.82, 2.24) is 5.32 Å². The van der Waals surface area contributed by atoms with Crippen LogP contribution in [0.15, 0.2) is 53.9 Å². The lowest BCUT2D eigenvalue weighted by Crippen LogP contribution is -2.37. The number of hydrogen-bond acceptors (Lipinski definition) is 6. The van der Waals surface area contributed by atoms with Crippen LogP contribution in [0.3, 0.4) is 0 Å². The molecule has 1 aliphatic heterocycles. The molecule has 0 radical (unpaired) electrons. The van der Waals surface area contributed by atoms with Crippen molar-refractivity contribution in [3.63, 3.8) is 0 Å². The number of aliphatic hydroxyl groups is 1. The van der Waals surface area contributed by atoms with Gasteiger partial charge in [-0.25, -0.2) is 0 Å². The maximum absolute atomic E-state index is 8.97. The molecule has 1 heterocycles. The molecule has 0 spiro atoms. The number of rotatable bonds is 11. The number of nitrogens with two attached hydrogens (primary N) is 1. The zero-order chi connectivity index (χ0) is 30.4. The van der Waals surface area contributed by atoms with Crippen molar-refractivity contribution in [2.24, 2.45) is 11.7 Å². The number of aryl methyl sites for hydroxylation is 2. The van der Waals surface area contributed by atoms with Crippen molar-refractivity contribution in [3.05, 3.63) is 76.2 Å². The predicted molar refractivity (Wildman–Crippen MR) is 173 cm³/mol. The monoisotopic (exact) mass is 563 g/mol. The number of ether oxygens (including phenoxy) is 2. The van der Waals surface area contributed by atoms with E-state index in [0.29, 0.717) is 31.4 Å². The molecule has 2 aliphatic rings. The van der Waals surface area contributed by atoms with Gasteiger partial charge in [-0.1, -0.05) is 50.6 Å². The molecule has 226 valence electrons. The van der Waals surface area contributed by atoms with Crippen molar-refractivity contribution in [3.8, 4) is 16.9 Å². The van der Waals surface area contributed by atoms with Crippen molar-refractivity contribution in [1.29, 1.82) is 5.41 Å². The summed E-state index contributed by atoms with van der Waals surface area (Å²) in [4.78, 5) is 0. The summed E-state index contributed by atoms with van der Waals surface area (Å²) in [5.41, 5.74) is 14.7. The fraction of sp³-hybridized carbons (Fsp3) is 0.514. The summed E-state index contributed by atoms with van der Waals surface area (Å²) in [5.74, 6) is 2.44. The van der Waals surface area contributed by atoms with Crippen LogP contribution >= 0.6 is 0 Å². The van der Waals surface area contributed by atoms with Crippen molar-refractivity contribution in [2.75, 3.05) is 19.8 Å². The van der Waals surface area contributed by atoms with Gasteiger partial charge in [0.25, 0.3) is 0 Å². The predicted octanol–water partition coefficient (Wildman–Crippen LogP) is 7.52. The zero-order valence-corrected chi connectivity index (χ0v) is 26.4. The highest BCUT2D eigenvalue weighted by atomic mass is 16.5. The molecule has 6 heteroatoms. The maximum Gasteiger partial charge on any atom is 0.187 e. The highest BCUT2D eigenvalue weighted by Gasteiger charge is 2.21. The maximum atomic E-state index is 8.97. The van der Waals surface area contributed by atoms with Gasteiger partial charge in [-0.05, 0) is 111 Å². The quantitative estimate of drug-likeness (QED) is 0.167. The molecule has 2 aromatic rings. The van der Waals surface area contributed by atoms with E-state index in [0.717, 1.165) is 42.5 Å². The molecule has 41 heavy (non-hydrogen) atoms. The molecular formula is C35H53N3O3. The van der Waals surface area contributed by atoms with E-state index in [-0.39, 0.29) is 6.61 Å². The Kier molecular flexibility index (Phi) is 14.7. The van der Waals surface area contributed by atoms with E-state index in [1.165, 1.54) is 46.2 Å². The van der Waals surface area contributed by atoms with E-state index < -0.39 is 0 Å². The van der Waals surface area contributed by atoms with Crippen molar-refractivity contribution in [2.45, 2.75) is 93.2 Å². The number of aliphatic hydroxyl groups excluding tert-OH is 1. The Morgan fingerprint density at radius 2 is 1.76 bits per heavy atom. The topological polar surface area (TPSA) is 101 Å². The van der Waals surface area contributed by atoms with E-state index >= 15 is 0 Å². The molecule has 0 aromatic heterocycles. The van der Waals surface area contributed by atoms with Crippen LogP contribution in [0, 0.1) is 32.1 Å². The third-order valence-corrected chi connectivity index (χ3v) is 7.64. The van der Waals surface area contributed by atoms with Crippen LogP contribution < -0.4 is 15.8 Å². The van der Waals surface area contributed by atoms with Crippen LogP contribution in [0.1, 0.15) is 82.1 Å². The van der Waals surface area contributed by atoms with E-state index in [4.69, 9.17) is 25.7 Å². The minimum atomic E-state index is 0.137. The van der Waals surface area contributed by atoms with Gasteiger partial charge in [0, 0.05) is 31.3 Å². The number of allylic oxidation sites excluding steroid dienone is 2. The Morgan fingerprint density at radius 1 is 1.07 bits per heavy atom. The second kappa shape index (κ2) is 17.7. The number of benzene rings is 2. The summed E-state index contributed by atoms with van der Waals surface area (Å²) in [5, 5.41) is 19.9. The van der Waals surface area contributed by atoms with Gasteiger partial charge in [-0.3, -0.25) is 0 Å². The first-order valence-electron chi connectivity index (χ1n) is 15.2. The zero-order valence-electron chi connectivity index (χ0n) is 26.4. The van der Waals surface area contributed by atoms with E-state index in [1.807, 2.05) is 26.8 Å². The molecule has 2 atom stereocenters. The standard InChI is InChI=1S/C28H36N2O3.C5H11N.C2H6/c1-19-15-25(32-14-6-13-31)16-20(2)28(19)26-8-5-7-24(22(26)4)18-33-27-12-11-23(17-30-27)10-9-21(3)29;1-4-2-3-5(4)6;1-2/h5,7-8,11-12,15-16,29-31H,6,9-10,13-14,17-18H2,1-4H3;4-5H,2-3,6H2,1H3;1-2H3. The van der Waals surface area contributed by atoms with Gasteiger partial charge < -0.3 is 31.0 Å². The minimum absolute atomic E-state index is 0.137. The Morgan fingerprint density at radius 3 is 2.27 bits per heavy atom. The smallest absolute Gasteiger partial charge is 0.187 e. The molecule has 1 fully saturated rings. The average molecular weight is 564 g/mol. The molecule has 0 amide bonds. The minimum Gasteiger partial charge on any atom is -0.493 e. The molecule has 5 N–H and O–H groups in total. The van der Waals surface area contributed by atoms with Crippen molar-refractivity contribution < 1.29 is 14.6 Å². The first kappa shape index (κ1) is 34.1. The summed E-state index contributed by atoms with van der Waals surface area (Å²) in [7, 11) is 0. The van der Waals surface area contributed by atoms with Gasteiger partial charge in [0.1, 0.15) is 12.4 Å². The lowest BCUT2D eigenvalue weighted by atomic mass is 9.82. The normalized spacial score (nSPS) is 17.3. The first-order valence-corrected chi connectivity index (χ1v) is 15.2. The second-order valence-corrected chi connectivity index (χ2v) is 10.9. The summed E-state index contributed by atoms with van der Waals surface area (Å²) in [6.45, 7) is 16.4. The van der Waals surface area contributed by atoms with Crippen LogP contribution in [0.4, 0.5) is 0 Å². The third-order valence-electron chi connectivity index (χ3n) is 7.64. The molecular weight excluding hydrogens is 510 g/mol. The summed E-state index contributed by atoms with van der Waals surface area (Å²) in [6.07, 6.45) is 9.04. The third kappa shape index (κ3) is 10.7. The van der Waals surface area contributed by atoms with Crippen LogP contribution in [-0.4, -0.2) is 36.6 Å². The van der Waals surface area contributed by atoms with E-state index in [9.17, 15) is 0 Å². The molecule has 1 aliphatic carbocycles. The summed E-state index contributed by atoms with van der Waals surface area (Å²) >= 11 is 0. The molecule has 2 aromatic carbocycles. The van der Waals surface area contributed by atoms with Gasteiger partial charge in [-0.15, -0.1) is 0 Å². The molecule has 4 rings (SSSR count). The lowest BCUT2D eigenvalue weighted by Gasteiger charge is -2.29. The van der Waals surface area contributed by atoms with Crippen LogP contribution in [-0.2, 0) is 11.3 Å². The Bertz CT molecular complexity index is 1150. The van der Waals surface area contributed by atoms with Crippen LogP contribution in [0.5, 0.6) is 5.75 Å². The highest BCUT2D eigenvalue weighted by Crippen LogP contribution is 2.34. The average Bonchev–Trinajstić information content (AvgIpc) is 2.97. The Hall–Kier alpha value is -3.09. The number of nitrogens with one attached hydrogen (secondary N) is 2. The molecule has 6 nitrogen and oxygen atoms in total. The molecule has 2 unspecified atom stereocenters. The largest absolute Gasteiger partial charge is 0.493 e. The van der Waals surface area contributed by atoms with Crippen LogP contribution in [0.25, 0.3) is 11.1 Å². The second-order valence-electron chi connectivity index (χ2n) is 10.9. The summed E-state index contributed by atoms with van der Waals surface area (Å²) < 4.78 is 11.9. The van der Waals surface area contributed by atoms with Gasteiger partial charge in [0.15, 0.2) is 5.88 Å². The lowest BCUT2D eigenvalue weighted by molar-refractivity contribution is 0.177. The molecule has 0 bridgehead atoms. The van der Waals surface area contributed by atoms with Crippen molar-refractivity contribution >= 4 is 5.71 Å². The van der Waals surface area contributed by atoms with Gasteiger partial charge in [0.2, 0.25) is 0 Å². The molecule has 1 saturated carbocycles. The Balaban J connectivity index is 0.000000640. The first-order chi connectivity index (χ1) is 19.7. The number of dihydropyridines is 1. The Labute approximate surface area is 248 Å². The van der Waals surface area contributed by atoms with E-state index in [1.54, 1.807) is 0 Å². The fourth-order valence-corrected chi connectivity index (χ4v) is 4.78. The molecule has 0 saturated heterocycles. The van der Waals surface area contributed by atoms with Gasteiger partial charge in [-0.2, -0.15) is 0 Å². The SMILES string of the molecule is CC.CC(=N)CCC1=CC=C(OCc2cccc(-c3c(C)cc(OCCCO)cc3C)c2C)NC1.CC1CCC1N. The van der Waals surface area contributed by atoms with E-state index in [2.05, 4.69) is 69.4 Å². The number of hydrogen-bond donors (Lipinski definition) is 4.